The quantitative estimate of drug-likeness (QED) is 0.245. The van der Waals surface area contributed by atoms with Crippen LogP contribution in [-0.4, -0.2) is 48.6 Å². The van der Waals surface area contributed by atoms with Crippen LogP contribution in [0.2, 0.25) is 19.6 Å². The molecule has 0 radical (unpaired) electrons. The molecule has 2 amide bonds. The topological polar surface area (TPSA) is 88.8 Å². The van der Waals surface area contributed by atoms with E-state index in [-0.39, 0.29) is 18.4 Å². The zero-order valence-electron chi connectivity index (χ0n) is 19.7. The van der Waals surface area contributed by atoms with Crippen molar-refractivity contribution in [3.8, 4) is 11.5 Å². The number of hydrogen-bond acceptors (Lipinski definition) is 5. The van der Waals surface area contributed by atoms with Crippen LogP contribution < -0.4 is 10.9 Å². The predicted octanol–water partition coefficient (Wildman–Crippen LogP) is 3.93. The van der Waals surface area contributed by atoms with Crippen molar-refractivity contribution >= 4 is 36.7 Å². The second-order valence-corrected chi connectivity index (χ2v) is 15.0. The minimum absolute atomic E-state index is 0.266. The molecule has 7 nitrogen and oxygen atoms in total. The van der Waals surface area contributed by atoms with E-state index in [1.807, 2.05) is 39.0 Å². The van der Waals surface area contributed by atoms with Crippen LogP contribution in [0.25, 0.3) is 10.8 Å². The lowest BCUT2D eigenvalue weighted by atomic mass is 10.1. The second kappa shape index (κ2) is 8.92. The number of fused-ring (bicyclic) bond motifs is 1. The van der Waals surface area contributed by atoms with Gasteiger partial charge >= 0.3 is 6.09 Å². The van der Waals surface area contributed by atoms with Gasteiger partial charge in [0, 0.05) is 30.2 Å². The van der Waals surface area contributed by atoms with Gasteiger partial charge in [0.1, 0.15) is 19.5 Å². The van der Waals surface area contributed by atoms with Crippen LogP contribution in [-0.2, 0) is 9.53 Å². The Morgan fingerprint density at radius 3 is 2.59 bits per heavy atom. The first kappa shape index (κ1) is 23.8. The molecule has 3 rings (SSSR count). The first-order chi connectivity index (χ1) is 14.8. The van der Waals surface area contributed by atoms with Crippen LogP contribution in [0.5, 0.6) is 0 Å². The number of aromatic nitrogens is 1. The molecule has 1 saturated heterocycles. The molecular weight excluding hydrogens is 420 g/mol. The lowest BCUT2D eigenvalue weighted by Crippen LogP contribution is -2.43. The summed E-state index contributed by atoms with van der Waals surface area (Å²) >= 11 is 0. The highest BCUT2D eigenvalue weighted by molar-refractivity contribution is 6.83. The lowest BCUT2D eigenvalue weighted by molar-refractivity contribution is -0.122. The maximum atomic E-state index is 13.0. The van der Waals surface area contributed by atoms with Crippen LogP contribution in [0, 0.1) is 17.4 Å². The molecule has 2 heterocycles. The van der Waals surface area contributed by atoms with Gasteiger partial charge in [0.2, 0.25) is 5.91 Å². The van der Waals surface area contributed by atoms with E-state index < -0.39 is 19.8 Å². The molecule has 1 aliphatic rings. The maximum absolute atomic E-state index is 13.0. The van der Waals surface area contributed by atoms with Crippen molar-refractivity contribution in [2.75, 3.05) is 18.1 Å². The molecule has 1 aromatic carbocycles. The molecule has 1 aliphatic heterocycles. The first-order valence-electron chi connectivity index (χ1n) is 10.8. The Morgan fingerprint density at radius 1 is 1.22 bits per heavy atom. The highest BCUT2D eigenvalue weighted by atomic mass is 28.3. The van der Waals surface area contributed by atoms with Crippen molar-refractivity contribution in [2.45, 2.75) is 52.4 Å². The van der Waals surface area contributed by atoms with E-state index in [0.29, 0.717) is 18.8 Å². The summed E-state index contributed by atoms with van der Waals surface area (Å²) in [5.74, 6) is 9.12. The van der Waals surface area contributed by atoms with Crippen molar-refractivity contribution in [2.24, 2.45) is 11.8 Å². The number of hydrazine groups is 1. The molecule has 0 spiro atoms. The van der Waals surface area contributed by atoms with E-state index >= 15 is 0 Å². The molecule has 0 aliphatic carbocycles. The van der Waals surface area contributed by atoms with Gasteiger partial charge < -0.3 is 9.64 Å². The summed E-state index contributed by atoms with van der Waals surface area (Å²) in [5.41, 5.74) is 3.71. The van der Waals surface area contributed by atoms with E-state index in [1.165, 1.54) is 0 Å². The van der Waals surface area contributed by atoms with Crippen LogP contribution in [0.3, 0.4) is 0 Å². The minimum Gasteiger partial charge on any atom is -0.444 e. The summed E-state index contributed by atoms with van der Waals surface area (Å²) in [7, 11) is -1.48. The van der Waals surface area contributed by atoms with Gasteiger partial charge in [0.05, 0.1) is 5.92 Å². The van der Waals surface area contributed by atoms with Gasteiger partial charge in [-0.05, 0) is 50.8 Å². The Kier molecular flexibility index (Phi) is 6.63. The average molecular weight is 453 g/mol. The lowest BCUT2D eigenvalue weighted by Gasteiger charge is -2.24. The molecule has 32 heavy (non-hydrogen) atoms. The minimum atomic E-state index is -1.48. The summed E-state index contributed by atoms with van der Waals surface area (Å²) in [5, 5.41) is 2.95. The number of nitrogens with two attached hydrogens (primary N) is 1. The third kappa shape index (κ3) is 6.08. The number of benzene rings is 1. The monoisotopic (exact) mass is 452 g/mol. The van der Waals surface area contributed by atoms with Crippen molar-refractivity contribution in [3.05, 3.63) is 36.0 Å². The fraction of sp³-hybridized carbons (Fsp3) is 0.458. The summed E-state index contributed by atoms with van der Waals surface area (Å²) in [6.45, 7) is 12.8. The normalized spacial score (nSPS) is 16.5. The largest absolute Gasteiger partial charge is 0.444 e. The Balaban J connectivity index is 1.74. The number of pyridine rings is 1. The van der Waals surface area contributed by atoms with Crippen LogP contribution in [0.15, 0.2) is 30.5 Å². The summed E-state index contributed by atoms with van der Waals surface area (Å²) in [6.07, 6.45) is 1.83. The number of amides is 2. The Bertz CT molecular complexity index is 1090. The van der Waals surface area contributed by atoms with Gasteiger partial charge in [-0.3, -0.25) is 4.79 Å². The molecule has 1 aromatic heterocycles. The Hall–Kier alpha value is -2.89. The Morgan fingerprint density at radius 2 is 1.94 bits per heavy atom. The number of likely N-dealkylation sites (tertiary alicyclic amines) is 1. The fourth-order valence-corrected chi connectivity index (χ4v) is 3.88. The van der Waals surface area contributed by atoms with E-state index in [1.54, 1.807) is 17.2 Å². The van der Waals surface area contributed by atoms with E-state index in [9.17, 15) is 9.59 Å². The number of anilines is 1. The third-order valence-electron chi connectivity index (χ3n) is 4.96. The zero-order valence-corrected chi connectivity index (χ0v) is 20.7. The molecular formula is C24H32N4O3Si. The SMILES string of the molecule is CC(C)(C)OC(=O)N1CC[C@H](C(=O)N(N)c2cc3cc(C#C[Si](C)(C)C)ccc3cn2)C1. The van der Waals surface area contributed by atoms with Gasteiger partial charge in [-0.1, -0.05) is 31.6 Å². The molecule has 8 heteroatoms. The number of carbonyl (C=O) groups excluding carboxylic acids is 2. The predicted molar refractivity (Wildman–Crippen MR) is 130 cm³/mol. The fourth-order valence-electron chi connectivity index (χ4n) is 3.36. The standard InChI is InChI=1S/C24H32N4O3Si/c1-24(2,3)31-23(30)27-11-9-19(16-27)22(29)28(25)21-14-20-13-17(10-12-32(4,5)6)7-8-18(20)15-26-21/h7-8,13-15,19H,9,11,16,25H2,1-6H3/t19-/m0/s1. The zero-order chi connectivity index (χ0) is 23.7. The molecule has 1 fully saturated rings. The van der Waals surface area contributed by atoms with Crippen LogP contribution >= 0.6 is 0 Å². The average Bonchev–Trinajstić information content (AvgIpc) is 3.19. The van der Waals surface area contributed by atoms with Gasteiger partial charge in [0.15, 0.2) is 0 Å². The molecule has 2 N–H and O–H groups in total. The number of carbonyl (C=O) groups is 2. The molecule has 2 aromatic rings. The summed E-state index contributed by atoms with van der Waals surface area (Å²) in [4.78, 5) is 31.2. The third-order valence-corrected chi connectivity index (χ3v) is 5.84. The van der Waals surface area contributed by atoms with E-state index in [4.69, 9.17) is 10.6 Å². The molecule has 0 bridgehead atoms. The van der Waals surface area contributed by atoms with Gasteiger partial charge in [-0.15, -0.1) is 5.54 Å². The summed E-state index contributed by atoms with van der Waals surface area (Å²) in [6, 6.07) is 7.74. The molecule has 170 valence electrons. The van der Waals surface area contributed by atoms with Gasteiger partial charge in [-0.2, -0.15) is 0 Å². The Labute approximate surface area is 190 Å². The van der Waals surface area contributed by atoms with Crippen LogP contribution in [0.1, 0.15) is 32.8 Å². The number of rotatable bonds is 2. The van der Waals surface area contributed by atoms with Crippen molar-refractivity contribution in [3.63, 3.8) is 0 Å². The number of nitrogens with zero attached hydrogens (tertiary/aromatic N) is 3. The number of hydrogen-bond donors (Lipinski definition) is 1. The highest BCUT2D eigenvalue weighted by Gasteiger charge is 2.35. The van der Waals surface area contributed by atoms with Gasteiger partial charge in [0.25, 0.3) is 0 Å². The molecule has 0 unspecified atom stereocenters. The van der Waals surface area contributed by atoms with Crippen molar-refractivity contribution in [1.82, 2.24) is 9.88 Å². The highest BCUT2D eigenvalue weighted by Crippen LogP contribution is 2.24. The van der Waals surface area contributed by atoms with Crippen LogP contribution in [0.4, 0.5) is 10.6 Å². The molecule has 0 saturated carbocycles. The maximum Gasteiger partial charge on any atom is 0.410 e. The second-order valence-electron chi connectivity index (χ2n) is 10.2. The van der Waals surface area contributed by atoms with Crippen molar-refractivity contribution < 1.29 is 14.3 Å². The molecule has 1 atom stereocenters. The van der Waals surface area contributed by atoms with E-state index in [2.05, 4.69) is 36.1 Å². The number of ether oxygens (including phenoxy) is 1. The smallest absolute Gasteiger partial charge is 0.410 e. The van der Waals surface area contributed by atoms with Crippen molar-refractivity contribution in [1.29, 1.82) is 0 Å². The first-order valence-corrected chi connectivity index (χ1v) is 14.3. The van der Waals surface area contributed by atoms with E-state index in [0.717, 1.165) is 21.3 Å². The van der Waals surface area contributed by atoms with Gasteiger partial charge in [-0.25, -0.2) is 20.6 Å². The summed E-state index contributed by atoms with van der Waals surface area (Å²) < 4.78 is 5.40.